The highest BCUT2D eigenvalue weighted by atomic mass is 16.5. The van der Waals surface area contributed by atoms with E-state index in [0.717, 1.165) is 29.3 Å². The van der Waals surface area contributed by atoms with E-state index in [1.54, 1.807) is 7.11 Å². The normalized spacial score (nSPS) is 12.2. The van der Waals surface area contributed by atoms with E-state index < -0.39 is 0 Å². The summed E-state index contributed by atoms with van der Waals surface area (Å²) in [6.07, 6.45) is 1.84. The van der Waals surface area contributed by atoms with Gasteiger partial charge in [-0.15, -0.1) is 0 Å². The van der Waals surface area contributed by atoms with E-state index in [9.17, 15) is 0 Å². The predicted molar refractivity (Wildman–Crippen MR) is 101 cm³/mol. The second kappa shape index (κ2) is 9.39. The summed E-state index contributed by atoms with van der Waals surface area (Å²) < 4.78 is 11.5. The zero-order valence-corrected chi connectivity index (χ0v) is 15.9. The molecule has 0 spiro atoms. The number of aromatic nitrogens is 1. The van der Waals surface area contributed by atoms with E-state index in [-0.39, 0.29) is 6.04 Å². The van der Waals surface area contributed by atoms with Crippen molar-refractivity contribution in [2.75, 3.05) is 34.4 Å². The van der Waals surface area contributed by atoms with Crippen LogP contribution in [0, 0.1) is 6.92 Å². The van der Waals surface area contributed by atoms with Crippen LogP contribution in [0.25, 0.3) is 0 Å². The number of hydrogen-bond acceptors (Lipinski definition) is 5. The number of hydrogen-bond donors (Lipinski definition) is 1. The molecule has 1 N–H and O–H groups in total. The number of ether oxygens (including phenoxy) is 2. The van der Waals surface area contributed by atoms with Crippen LogP contribution in [-0.2, 0) is 6.54 Å². The molecule has 5 nitrogen and oxygen atoms in total. The molecule has 0 saturated carbocycles. The van der Waals surface area contributed by atoms with Crippen LogP contribution in [0.3, 0.4) is 0 Å². The van der Waals surface area contributed by atoms with Crippen molar-refractivity contribution < 1.29 is 9.47 Å². The smallest absolute Gasteiger partial charge is 0.165 e. The van der Waals surface area contributed by atoms with E-state index in [1.807, 2.05) is 38.5 Å². The first-order chi connectivity index (χ1) is 12.0. The average molecular weight is 343 g/mol. The second-order valence-electron chi connectivity index (χ2n) is 6.41. The molecule has 1 heterocycles. The maximum absolute atomic E-state index is 6.01. The van der Waals surface area contributed by atoms with Crippen molar-refractivity contribution >= 4 is 0 Å². The summed E-state index contributed by atoms with van der Waals surface area (Å²) in [5, 5.41) is 3.54. The molecule has 2 rings (SSSR count). The van der Waals surface area contributed by atoms with Gasteiger partial charge in [0.15, 0.2) is 11.5 Å². The van der Waals surface area contributed by atoms with Gasteiger partial charge >= 0.3 is 0 Å². The van der Waals surface area contributed by atoms with E-state index in [4.69, 9.17) is 9.47 Å². The predicted octanol–water partition coefficient (Wildman–Crippen LogP) is 3.19. The van der Waals surface area contributed by atoms with E-state index in [2.05, 4.69) is 41.2 Å². The van der Waals surface area contributed by atoms with Crippen molar-refractivity contribution in [1.82, 2.24) is 15.2 Å². The number of nitrogens with one attached hydrogen (secondary N) is 1. The van der Waals surface area contributed by atoms with Crippen LogP contribution in [0.15, 0.2) is 36.5 Å². The summed E-state index contributed by atoms with van der Waals surface area (Å²) in [5.74, 6) is 1.57. The SMILES string of the molecule is COc1cccc(CN[C@H](C)c2ncccc2C)c1OCCN(C)C. The number of pyridine rings is 1. The number of benzene rings is 1. The van der Waals surface area contributed by atoms with Gasteiger partial charge in [0.2, 0.25) is 0 Å². The fourth-order valence-corrected chi connectivity index (χ4v) is 2.67. The molecule has 2 aromatic rings. The minimum absolute atomic E-state index is 0.155. The van der Waals surface area contributed by atoms with Crippen molar-refractivity contribution in [2.45, 2.75) is 26.4 Å². The van der Waals surface area contributed by atoms with Gasteiger partial charge in [0.1, 0.15) is 6.61 Å². The Balaban J connectivity index is 2.09. The second-order valence-corrected chi connectivity index (χ2v) is 6.41. The van der Waals surface area contributed by atoms with Crippen LogP contribution < -0.4 is 14.8 Å². The van der Waals surface area contributed by atoms with Gasteiger partial charge in [-0.3, -0.25) is 4.98 Å². The topological polar surface area (TPSA) is 46.6 Å². The molecule has 0 saturated heterocycles. The molecule has 0 aliphatic carbocycles. The van der Waals surface area contributed by atoms with Gasteiger partial charge in [-0.2, -0.15) is 0 Å². The number of aryl methyl sites for hydroxylation is 1. The molecule has 0 amide bonds. The third kappa shape index (κ3) is 5.44. The maximum Gasteiger partial charge on any atom is 0.165 e. The Kier molecular flexibility index (Phi) is 7.22. The molecule has 136 valence electrons. The lowest BCUT2D eigenvalue weighted by Gasteiger charge is -2.19. The van der Waals surface area contributed by atoms with Gasteiger partial charge in [-0.25, -0.2) is 0 Å². The Hall–Kier alpha value is -2.11. The highest BCUT2D eigenvalue weighted by molar-refractivity contribution is 5.46. The van der Waals surface area contributed by atoms with Crippen LogP contribution in [0.2, 0.25) is 0 Å². The Bertz CT molecular complexity index is 674. The molecule has 0 aliphatic heterocycles. The number of nitrogens with zero attached hydrogens (tertiary/aromatic N) is 2. The minimum Gasteiger partial charge on any atom is -0.493 e. The zero-order valence-electron chi connectivity index (χ0n) is 15.9. The fraction of sp³-hybridized carbons (Fsp3) is 0.450. The van der Waals surface area contributed by atoms with Crippen LogP contribution in [0.5, 0.6) is 11.5 Å². The summed E-state index contributed by atoms with van der Waals surface area (Å²) in [5.41, 5.74) is 3.34. The van der Waals surface area contributed by atoms with Crippen molar-refractivity contribution in [3.05, 3.63) is 53.3 Å². The highest BCUT2D eigenvalue weighted by Crippen LogP contribution is 2.31. The van der Waals surface area contributed by atoms with Crippen molar-refractivity contribution in [3.63, 3.8) is 0 Å². The molecule has 0 unspecified atom stereocenters. The zero-order chi connectivity index (χ0) is 18.2. The van der Waals surface area contributed by atoms with Gasteiger partial charge in [0, 0.05) is 30.9 Å². The quantitative estimate of drug-likeness (QED) is 0.758. The van der Waals surface area contributed by atoms with Crippen LogP contribution in [-0.4, -0.2) is 44.2 Å². The summed E-state index contributed by atoms with van der Waals surface area (Å²) >= 11 is 0. The van der Waals surface area contributed by atoms with Crippen molar-refractivity contribution in [1.29, 1.82) is 0 Å². The lowest BCUT2D eigenvalue weighted by molar-refractivity contribution is 0.248. The van der Waals surface area contributed by atoms with Crippen LogP contribution in [0.4, 0.5) is 0 Å². The molecule has 25 heavy (non-hydrogen) atoms. The molecule has 1 atom stereocenters. The molecular formula is C20H29N3O2. The molecule has 0 aliphatic rings. The summed E-state index contributed by atoms with van der Waals surface area (Å²) in [6, 6.07) is 10.2. The van der Waals surface area contributed by atoms with Gasteiger partial charge in [-0.1, -0.05) is 18.2 Å². The third-order valence-corrected chi connectivity index (χ3v) is 4.12. The molecule has 5 heteroatoms. The van der Waals surface area contributed by atoms with Crippen molar-refractivity contribution in [2.24, 2.45) is 0 Å². The number of methoxy groups -OCH3 is 1. The monoisotopic (exact) mass is 343 g/mol. The number of likely N-dealkylation sites (N-methyl/N-ethyl adjacent to an activating group) is 1. The van der Waals surface area contributed by atoms with E-state index in [1.165, 1.54) is 5.56 Å². The van der Waals surface area contributed by atoms with Gasteiger partial charge in [-0.05, 0) is 45.6 Å². The summed E-state index contributed by atoms with van der Waals surface area (Å²) in [4.78, 5) is 6.59. The Morgan fingerprint density at radius 1 is 1.20 bits per heavy atom. The Morgan fingerprint density at radius 2 is 2.00 bits per heavy atom. The van der Waals surface area contributed by atoms with E-state index >= 15 is 0 Å². The summed E-state index contributed by atoms with van der Waals surface area (Å²) in [7, 11) is 5.74. The fourth-order valence-electron chi connectivity index (χ4n) is 2.67. The lowest BCUT2D eigenvalue weighted by atomic mass is 10.1. The van der Waals surface area contributed by atoms with Gasteiger partial charge in [0.05, 0.1) is 12.8 Å². The first-order valence-electron chi connectivity index (χ1n) is 8.61. The largest absolute Gasteiger partial charge is 0.493 e. The molecule has 1 aromatic carbocycles. The Labute approximate surface area is 151 Å². The van der Waals surface area contributed by atoms with Crippen molar-refractivity contribution in [3.8, 4) is 11.5 Å². The average Bonchev–Trinajstić information content (AvgIpc) is 2.60. The third-order valence-electron chi connectivity index (χ3n) is 4.12. The standard InChI is InChI=1S/C20H29N3O2/c1-15-8-7-11-21-19(15)16(2)22-14-17-9-6-10-18(24-5)20(17)25-13-12-23(3)4/h6-11,16,22H,12-14H2,1-5H3/t16-/m1/s1. The minimum atomic E-state index is 0.155. The Morgan fingerprint density at radius 3 is 2.68 bits per heavy atom. The first-order valence-corrected chi connectivity index (χ1v) is 8.61. The number of rotatable bonds is 9. The summed E-state index contributed by atoms with van der Waals surface area (Å²) in [6.45, 7) is 6.37. The molecular weight excluding hydrogens is 314 g/mol. The van der Waals surface area contributed by atoms with Crippen LogP contribution in [0.1, 0.15) is 29.8 Å². The first kappa shape index (κ1) is 19.2. The molecule has 1 aromatic heterocycles. The molecule has 0 radical (unpaired) electrons. The van der Waals surface area contributed by atoms with Gasteiger partial charge in [0.25, 0.3) is 0 Å². The lowest BCUT2D eigenvalue weighted by Crippen LogP contribution is -2.22. The van der Waals surface area contributed by atoms with Gasteiger partial charge < -0.3 is 19.7 Å². The molecule has 0 fully saturated rings. The maximum atomic E-state index is 6.01. The molecule has 0 bridgehead atoms. The van der Waals surface area contributed by atoms with Crippen LogP contribution >= 0.6 is 0 Å². The highest BCUT2D eigenvalue weighted by Gasteiger charge is 2.14. The van der Waals surface area contributed by atoms with E-state index in [0.29, 0.717) is 13.2 Å². The number of para-hydroxylation sites is 1.